The third-order valence-electron chi connectivity index (χ3n) is 1.86. The molecule has 0 aliphatic carbocycles. The zero-order valence-electron chi connectivity index (χ0n) is 8.99. The number of esters is 1. The molecule has 4 nitrogen and oxygen atoms in total. The number of hydrogen-bond acceptors (Lipinski definition) is 4. The molecule has 0 radical (unpaired) electrons. The smallest absolute Gasteiger partial charge is 0.529 e. The van der Waals surface area contributed by atoms with Crippen LogP contribution >= 0.6 is 0 Å². The number of carbonyl (C=O) groups excluding carboxylic acids is 1. The van der Waals surface area contributed by atoms with Gasteiger partial charge in [0.25, 0.3) is 0 Å². The van der Waals surface area contributed by atoms with E-state index in [0.717, 1.165) is 6.42 Å². The first-order valence-corrected chi connectivity index (χ1v) is 4.39. The second kappa shape index (κ2) is 8.58. The molecule has 0 amide bonds. The van der Waals surface area contributed by atoms with Crippen molar-refractivity contribution in [2.24, 2.45) is 5.92 Å². The Labute approximate surface area is 143 Å². The Morgan fingerprint density at radius 3 is 2.86 bits per heavy atom. The minimum absolute atomic E-state index is 0. The molecule has 5 heteroatoms. The first-order chi connectivity index (χ1) is 6.22. The first kappa shape index (κ1) is 15.4. The monoisotopic (exact) mass is 320 g/mol. The molecule has 0 aromatic rings. The predicted molar refractivity (Wildman–Crippen MR) is 45.5 cm³/mol. The molecule has 76 valence electrons. The number of ether oxygens (including phenoxy) is 3. The Bertz CT molecular complexity index is 174. The van der Waals surface area contributed by atoms with Crippen LogP contribution in [0.5, 0.6) is 0 Å². The van der Waals surface area contributed by atoms with E-state index in [1.165, 1.54) is 7.11 Å². The molecule has 1 rings (SSSR count). The van der Waals surface area contributed by atoms with E-state index in [2.05, 4.69) is 11.7 Å². The molecule has 1 heterocycles. The average Bonchev–Trinajstić information content (AvgIpc) is 2.51. The molecule has 0 saturated carbocycles. The maximum absolute atomic E-state index is 10.7. The first-order valence-electron chi connectivity index (χ1n) is 4.39. The zero-order valence-corrected chi connectivity index (χ0v) is 15.3. The molecule has 14 heavy (non-hydrogen) atoms. The van der Waals surface area contributed by atoms with E-state index in [-0.39, 0.29) is 87.6 Å². The van der Waals surface area contributed by atoms with Gasteiger partial charge in [0, 0.05) is 0 Å². The topological polar surface area (TPSA) is 44.8 Å². The van der Waals surface area contributed by atoms with Gasteiger partial charge in [-0.05, 0) is 6.42 Å². The molecule has 0 aromatic heterocycles. The summed E-state index contributed by atoms with van der Waals surface area (Å²) in [6, 6.07) is 0. The second-order valence-electron chi connectivity index (χ2n) is 3.11. The van der Waals surface area contributed by atoms with Crippen molar-refractivity contribution >= 4 is 5.97 Å². The zero-order chi connectivity index (χ0) is 9.68. The fourth-order valence-corrected chi connectivity index (χ4v) is 1.12. The van der Waals surface area contributed by atoms with Crippen molar-refractivity contribution in [1.82, 2.24) is 0 Å². The molecule has 1 fully saturated rings. The van der Waals surface area contributed by atoms with Crippen LogP contribution in [0.25, 0.3) is 0 Å². The Kier molecular flexibility index (Phi) is 9.46. The molecule has 1 unspecified atom stereocenters. The molecule has 0 aromatic carbocycles. The third kappa shape index (κ3) is 6.12. The van der Waals surface area contributed by atoms with Crippen LogP contribution in [0.4, 0.5) is 0 Å². The van der Waals surface area contributed by atoms with E-state index in [0.29, 0.717) is 12.5 Å². The van der Waals surface area contributed by atoms with Crippen LogP contribution in [0.3, 0.4) is 0 Å². The summed E-state index contributed by atoms with van der Waals surface area (Å²) in [6.45, 7) is 4.18. The van der Waals surface area contributed by atoms with Gasteiger partial charge in [-0.1, -0.05) is 6.92 Å². The molecule has 1 saturated heterocycles. The summed E-state index contributed by atoms with van der Waals surface area (Å²) in [5.41, 5.74) is 0. The van der Waals surface area contributed by atoms with E-state index >= 15 is 0 Å². The number of rotatable bonds is 4. The van der Waals surface area contributed by atoms with Crippen molar-refractivity contribution < 1.29 is 87.9 Å². The van der Waals surface area contributed by atoms with Gasteiger partial charge in [0.05, 0.1) is 20.1 Å². The molecule has 1 aliphatic rings. The minimum atomic E-state index is -0.255. The van der Waals surface area contributed by atoms with Gasteiger partial charge in [0.2, 0.25) is 0 Å². The van der Waals surface area contributed by atoms with Gasteiger partial charge in [0.15, 0.2) is 0 Å². The summed E-state index contributed by atoms with van der Waals surface area (Å²) in [7, 11) is 1.37. The molecule has 0 N–H and O–H groups in total. The van der Waals surface area contributed by atoms with Crippen molar-refractivity contribution in [1.29, 1.82) is 0 Å². The van der Waals surface area contributed by atoms with Crippen LogP contribution in [0.1, 0.15) is 19.8 Å². The maximum atomic E-state index is 10.7. The average molecular weight is 320 g/mol. The third-order valence-corrected chi connectivity index (χ3v) is 1.86. The summed E-state index contributed by atoms with van der Waals surface area (Å²) in [5, 5.41) is 0. The number of carbonyl (C=O) groups is 1. The van der Waals surface area contributed by atoms with E-state index < -0.39 is 0 Å². The summed E-state index contributed by atoms with van der Waals surface area (Å²) >= 11 is 0. The quantitative estimate of drug-likeness (QED) is 0.449. The molecule has 1 aliphatic heterocycles. The summed E-state index contributed by atoms with van der Waals surface area (Å²) in [4.78, 5) is 10.7. The van der Waals surface area contributed by atoms with Gasteiger partial charge < -0.3 is 14.2 Å². The van der Waals surface area contributed by atoms with Gasteiger partial charge in [-0.25, -0.2) is 6.61 Å². The molecule has 0 spiro atoms. The van der Waals surface area contributed by atoms with E-state index in [1.807, 2.05) is 0 Å². The van der Waals surface area contributed by atoms with Crippen LogP contribution in [-0.4, -0.2) is 26.0 Å². The Hall–Kier alpha value is 1.44. The maximum Gasteiger partial charge on any atom is 1.00 e. The number of hydrogen-bond donors (Lipinski definition) is 0. The Morgan fingerprint density at radius 1 is 1.64 bits per heavy atom. The van der Waals surface area contributed by atoms with Crippen molar-refractivity contribution in [3.8, 4) is 0 Å². The normalized spacial score (nSPS) is 25.6. The van der Waals surface area contributed by atoms with Crippen LogP contribution in [0, 0.1) is 12.5 Å². The van der Waals surface area contributed by atoms with Gasteiger partial charge >= 0.3 is 74.9 Å². The van der Waals surface area contributed by atoms with Crippen molar-refractivity contribution in [3.05, 3.63) is 6.61 Å². The standard InChI is InChI=1S/C9H15O4.Cs/c1-7-5-9(13-6-7)12-4-3-8(10)11-2;/h6-7,9H,3-5H2,1-2H3;/q-1;+1/t7-,9?;/m1./s1. The predicted octanol–water partition coefficient (Wildman–Crippen LogP) is -1.89. The summed E-state index contributed by atoms with van der Waals surface area (Å²) in [6.07, 6.45) is 0.964. The van der Waals surface area contributed by atoms with Crippen molar-refractivity contribution in [2.45, 2.75) is 26.1 Å². The Morgan fingerprint density at radius 2 is 2.36 bits per heavy atom. The van der Waals surface area contributed by atoms with Crippen LogP contribution in [0.15, 0.2) is 0 Å². The van der Waals surface area contributed by atoms with E-state index in [4.69, 9.17) is 9.47 Å². The summed E-state index contributed by atoms with van der Waals surface area (Å²) in [5.74, 6) is 0.179. The molecule has 0 bridgehead atoms. The van der Waals surface area contributed by atoms with E-state index in [9.17, 15) is 4.79 Å². The van der Waals surface area contributed by atoms with Crippen LogP contribution in [0.2, 0.25) is 0 Å². The van der Waals surface area contributed by atoms with Gasteiger partial charge in [-0.15, -0.1) is 5.92 Å². The van der Waals surface area contributed by atoms with Crippen LogP contribution in [-0.2, 0) is 19.0 Å². The SMILES string of the molecule is COC(=O)CCOC1C[C@@H](C)[CH-]O1.[Cs+]. The summed E-state index contributed by atoms with van der Waals surface area (Å²) < 4.78 is 14.9. The van der Waals surface area contributed by atoms with Gasteiger partial charge in [-0.3, -0.25) is 4.79 Å². The second-order valence-corrected chi connectivity index (χ2v) is 3.11. The van der Waals surface area contributed by atoms with E-state index in [1.54, 1.807) is 6.61 Å². The fourth-order valence-electron chi connectivity index (χ4n) is 1.12. The Balaban J connectivity index is 0.00000169. The minimum Gasteiger partial charge on any atom is -0.529 e. The van der Waals surface area contributed by atoms with Crippen molar-refractivity contribution in [2.75, 3.05) is 13.7 Å². The van der Waals surface area contributed by atoms with Gasteiger partial charge in [0.1, 0.15) is 6.29 Å². The largest absolute Gasteiger partial charge is 1.00 e. The fraction of sp³-hybridized carbons (Fsp3) is 0.778. The van der Waals surface area contributed by atoms with Crippen molar-refractivity contribution in [3.63, 3.8) is 0 Å². The molecular weight excluding hydrogens is 305 g/mol. The molecular formula is C9H15CsO4. The molecule has 2 atom stereocenters. The van der Waals surface area contributed by atoms with Gasteiger partial charge in [-0.2, -0.15) is 0 Å². The van der Waals surface area contributed by atoms with Crippen LogP contribution < -0.4 is 68.9 Å². The number of methoxy groups -OCH3 is 1.